The molecule has 0 spiro atoms. The maximum Gasteiger partial charge on any atom is 0.224 e. The van der Waals surface area contributed by atoms with Crippen LogP contribution in [0, 0.1) is 0 Å². The number of aliphatic hydroxyl groups excluding tert-OH is 1. The van der Waals surface area contributed by atoms with Crippen LogP contribution in [0.25, 0.3) is 0 Å². The first-order chi connectivity index (χ1) is 7.24. The van der Waals surface area contributed by atoms with Crippen molar-refractivity contribution in [3.63, 3.8) is 0 Å². The monoisotopic (exact) mass is 227 g/mol. The molecule has 1 heterocycles. The summed E-state index contributed by atoms with van der Waals surface area (Å²) < 4.78 is 0. The Morgan fingerprint density at radius 1 is 1.47 bits per heavy atom. The third-order valence-corrected chi connectivity index (χ3v) is 3.06. The number of hydrogen-bond acceptors (Lipinski definition) is 4. The quantitative estimate of drug-likeness (QED) is 0.774. The number of anilines is 1. The van der Waals surface area contributed by atoms with E-state index in [4.69, 9.17) is 11.6 Å². The van der Waals surface area contributed by atoms with Crippen LogP contribution in [-0.4, -0.2) is 27.2 Å². The van der Waals surface area contributed by atoms with Crippen molar-refractivity contribution in [1.29, 1.82) is 0 Å². The van der Waals surface area contributed by atoms with Crippen LogP contribution in [0.5, 0.6) is 0 Å². The minimum atomic E-state index is -0.211. The van der Waals surface area contributed by atoms with Gasteiger partial charge in [-0.2, -0.15) is 0 Å². The Morgan fingerprint density at radius 3 is 2.80 bits per heavy atom. The molecule has 0 radical (unpaired) electrons. The van der Waals surface area contributed by atoms with Crippen LogP contribution in [0.15, 0.2) is 12.3 Å². The number of nitrogens with zero attached hydrogens (tertiary/aromatic N) is 2. The van der Waals surface area contributed by atoms with Gasteiger partial charge in [0.05, 0.1) is 12.1 Å². The van der Waals surface area contributed by atoms with Gasteiger partial charge in [0, 0.05) is 6.20 Å². The lowest BCUT2D eigenvalue weighted by Crippen LogP contribution is -2.39. The molecular formula is C10H14ClN3O. The second-order valence-electron chi connectivity index (χ2n) is 3.98. The molecular weight excluding hydrogens is 214 g/mol. The molecule has 2 rings (SSSR count). The van der Waals surface area contributed by atoms with Gasteiger partial charge in [-0.1, -0.05) is 12.8 Å². The van der Waals surface area contributed by atoms with E-state index in [2.05, 4.69) is 15.3 Å². The van der Waals surface area contributed by atoms with Gasteiger partial charge in [-0.05, 0) is 30.5 Å². The molecule has 82 valence electrons. The van der Waals surface area contributed by atoms with Gasteiger partial charge in [0.2, 0.25) is 5.28 Å². The predicted octanol–water partition coefficient (Wildman–Crippen LogP) is 1.85. The van der Waals surface area contributed by atoms with Crippen molar-refractivity contribution in [3.05, 3.63) is 17.5 Å². The molecule has 2 N–H and O–H groups in total. The highest BCUT2D eigenvalue weighted by atomic mass is 35.5. The smallest absolute Gasteiger partial charge is 0.224 e. The summed E-state index contributed by atoms with van der Waals surface area (Å²) in [4.78, 5) is 7.88. The normalized spacial score (nSPS) is 19.1. The van der Waals surface area contributed by atoms with Crippen molar-refractivity contribution in [2.45, 2.75) is 31.2 Å². The van der Waals surface area contributed by atoms with Gasteiger partial charge in [-0.3, -0.25) is 0 Å². The molecule has 0 atom stereocenters. The Labute approximate surface area is 93.7 Å². The molecule has 1 aromatic heterocycles. The van der Waals surface area contributed by atoms with Crippen molar-refractivity contribution < 1.29 is 5.11 Å². The molecule has 0 saturated heterocycles. The van der Waals surface area contributed by atoms with Crippen molar-refractivity contribution in [2.75, 3.05) is 11.9 Å². The second kappa shape index (κ2) is 4.33. The van der Waals surface area contributed by atoms with E-state index < -0.39 is 0 Å². The average Bonchev–Trinajstić information content (AvgIpc) is 2.67. The molecule has 0 aliphatic heterocycles. The lowest BCUT2D eigenvalue weighted by Gasteiger charge is -2.28. The van der Waals surface area contributed by atoms with E-state index in [-0.39, 0.29) is 17.4 Å². The van der Waals surface area contributed by atoms with E-state index in [0.29, 0.717) is 5.82 Å². The SMILES string of the molecule is OCC1(Nc2ccnc(Cl)n2)CCCC1. The van der Waals surface area contributed by atoms with Crippen LogP contribution in [0.4, 0.5) is 5.82 Å². The number of hydrogen-bond donors (Lipinski definition) is 2. The number of aromatic nitrogens is 2. The summed E-state index contributed by atoms with van der Waals surface area (Å²) in [7, 11) is 0. The molecule has 1 fully saturated rings. The third kappa shape index (κ3) is 2.38. The molecule has 1 aliphatic carbocycles. The molecule has 0 unspecified atom stereocenters. The first-order valence-corrected chi connectivity index (χ1v) is 5.49. The van der Waals surface area contributed by atoms with Crippen molar-refractivity contribution >= 4 is 17.4 Å². The van der Waals surface area contributed by atoms with E-state index in [0.717, 1.165) is 25.7 Å². The first kappa shape index (κ1) is 10.6. The molecule has 1 aromatic rings. The van der Waals surface area contributed by atoms with Crippen molar-refractivity contribution in [1.82, 2.24) is 9.97 Å². The summed E-state index contributed by atoms with van der Waals surface area (Å²) in [6.45, 7) is 0.134. The molecule has 0 amide bonds. The van der Waals surface area contributed by atoms with Gasteiger partial charge in [-0.15, -0.1) is 0 Å². The van der Waals surface area contributed by atoms with E-state index >= 15 is 0 Å². The first-order valence-electron chi connectivity index (χ1n) is 5.12. The Morgan fingerprint density at radius 2 is 2.20 bits per heavy atom. The Hall–Kier alpha value is -0.870. The highest BCUT2D eigenvalue weighted by Gasteiger charge is 2.33. The van der Waals surface area contributed by atoms with E-state index in [1.807, 2.05) is 0 Å². The number of halogens is 1. The van der Waals surface area contributed by atoms with Crippen LogP contribution in [0.1, 0.15) is 25.7 Å². The fourth-order valence-electron chi connectivity index (χ4n) is 2.05. The lowest BCUT2D eigenvalue weighted by molar-refractivity contribution is 0.214. The fraction of sp³-hybridized carbons (Fsp3) is 0.600. The number of aliphatic hydroxyl groups is 1. The standard InChI is InChI=1S/C10H14ClN3O/c11-9-12-6-3-8(13-9)14-10(7-15)4-1-2-5-10/h3,6,15H,1-2,4-5,7H2,(H,12,13,14). The fourth-order valence-corrected chi connectivity index (χ4v) is 2.20. The van der Waals surface area contributed by atoms with Crippen LogP contribution in [0.2, 0.25) is 5.28 Å². The molecule has 1 aliphatic rings. The summed E-state index contributed by atoms with van der Waals surface area (Å²) in [6.07, 6.45) is 5.85. The minimum absolute atomic E-state index is 0.134. The van der Waals surface area contributed by atoms with E-state index in [1.54, 1.807) is 12.3 Å². The van der Waals surface area contributed by atoms with Crippen LogP contribution in [0.3, 0.4) is 0 Å². The zero-order chi connectivity index (χ0) is 10.7. The summed E-state index contributed by atoms with van der Waals surface area (Å²) >= 11 is 5.69. The van der Waals surface area contributed by atoms with Gasteiger partial charge < -0.3 is 10.4 Å². The Balaban J connectivity index is 2.12. The minimum Gasteiger partial charge on any atom is -0.394 e. The topological polar surface area (TPSA) is 58.0 Å². The Bertz CT molecular complexity index is 339. The second-order valence-corrected chi connectivity index (χ2v) is 4.32. The zero-order valence-electron chi connectivity index (χ0n) is 8.41. The maximum atomic E-state index is 9.41. The Kier molecular flexibility index (Phi) is 3.07. The highest BCUT2D eigenvalue weighted by Crippen LogP contribution is 2.32. The van der Waals surface area contributed by atoms with E-state index in [1.165, 1.54) is 0 Å². The van der Waals surface area contributed by atoms with Gasteiger partial charge in [-0.25, -0.2) is 9.97 Å². The number of nitrogens with one attached hydrogen (secondary N) is 1. The van der Waals surface area contributed by atoms with Gasteiger partial charge in [0.1, 0.15) is 5.82 Å². The van der Waals surface area contributed by atoms with E-state index in [9.17, 15) is 5.11 Å². The van der Waals surface area contributed by atoms with Gasteiger partial charge in [0.15, 0.2) is 0 Å². The predicted molar refractivity (Wildman–Crippen MR) is 58.9 cm³/mol. The maximum absolute atomic E-state index is 9.41. The summed E-state index contributed by atoms with van der Waals surface area (Å²) in [6, 6.07) is 1.77. The van der Waals surface area contributed by atoms with Crippen LogP contribution >= 0.6 is 11.6 Å². The highest BCUT2D eigenvalue weighted by molar-refractivity contribution is 6.28. The molecule has 4 nitrogen and oxygen atoms in total. The molecule has 5 heteroatoms. The van der Waals surface area contributed by atoms with Gasteiger partial charge >= 0.3 is 0 Å². The summed E-state index contributed by atoms with van der Waals surface area (Å²) in [5, 5.41) is 12.9. The summed E-state index contributed by atoms with van der Waals surface area (Å²) in [5.41, 5.74) is -0.211. The van der Waals surface area contributed by atoms with Gasteiger partial charge in [0.25, 0.3) is 0 Å². The summed E-state index contributed by atoms with van der Waals surface area (Å²) in [5.74, 6) is 0.686. The third-order valence-electron chi connectivity index (χ3n) is 2.88. The molecule has 0 bridgehead atoms. The number of rotatable bonds is 3. The average molecular weight is 228 g/mol. The van der Waals surface area contributed by atoms with Crippen molar-refractivity contribution in [2.24, 2.45) is 0 Å². The molecule has 1 saturated carbocycles. The van der Waals surface area contributed by atoms with Crippen LogP contribution < -0.4 is 5.32 Å². The lowest BCUT2D eigenvalue weighted by atomic mass is 9.99. The van der Waals surface area contributed by atoms with Crippen LogP contribution in [-0.2, 0) is 0 Å². The largest absolute Gasteiger partial charge is 0.394 e. The zero-order valence-corrected chi connectivity index (χ0v) is 9.17. The molecule has 0 aromatic carbocycles. The van der Waals surface area contributed by atoms with Crippen molar-refractivity contribution in [3.8, 4) is 0 Å². The molecule has 15 heavy (non-hydrogen) atoms.